The number of aliphatic hydroxyl groups excluding tert-OH is 5. The molecule has 2 fully saturated rings. The number of aliphatic hydroxyl groups is 5. The SMILES string of the molecule is O=C(CCCCOC[C@H]1OCC[C@@H](O)[C@H]1O)NCCCNC(=O)CCOCCOCCC(=O)NCCCNC(=O)CCCCOC[C@@]1(CO)OCC[C@@H](O)[C@H]1O. The summed E-state index contributed by atoms with van der Waals surface area (Å²) < 4.78 is 32.8. The summed E-state index contributed by atoms with van der Waals surface area (Å²) in [5.41, 5.74) is -1.34. The smallest absolute Gasteiger partial charge is 0.222 e. The number of carbonyl (C=O) groups is 4. The molecule has 0 aliphatic carbocycles. The van der Waals surface area contributed by atoms with Gasteiger partial charge in [-0.15, -0.1) is 0 Å². The molecule has 4 amide bonds. The third-order valence-electron chi connectivity index (χ3n) is 9.32. The van der Waals surface area contributed by atoms with Crippen molar-refractivity contribution in [3.8, 4) is 0 Å². The van der Waals surface area contributed by atoms with Crippen LogP contribution in [0.2, 0.25) is 0 Å². The molecule has 9 N–H and O–H groups in total. The summed E-state index contributed by atoms with van der Waals surface area (Å²) in [5, 5.41) is 60.4. The van der Waals surface area contributed by atoms with Crippen molar-refractivity contribution in [2.75, 3.05) is 98.9 Å². The number of unbranched alkanes of at least 4 members (excludes halogenated alkanes) is 2. The maximum Gasteiger partial charge on any atom is 0.222 e. The number of nitrogens with one attached hydrogen (secondary N) is 4. The van der Waals surface area contributed by atoms with Crippen LogP contribution in [0.15, 0.2) is 0 Å². The van der Waals surface area contributed by atoms with Gasteiger partial charge >= 0.3 is 0 Å². The summed E-state index contributed by atoms with van der Waals surface area (Å²) >= 11 is 0. The highest BCUT2D eigenvalue weighted by atomic mass is 16.6. The zero-order valence-corrected chi connectivity index (χ0v) is 32.8. The van der Waals surface area contributed by atoms with Crippen molar-refractivity contribution >= 4 is 23.6 Å². The lowest BCUT2D eigenvalue weighted by atomic mass is 9.90. The van der Waals surface area contributed by atoms with Crippen molar-refractivity contribution in [3.05, 3.63) is 0 Å². The van der Waals surface area contributed by atoms with E-state index in [1.165, 1.54) is 0 Å². The van der Waals surface area contributed by atoms with E-state index in [1.54, 1.807) is 0 Å². The Morgan fingerprint density at radius 1 is 0.571 bits per heavy atom. The highest BCUT2D eigenvalue weighted by Crippen LogP contribution is 2.26. The zero-order valence-electron chi connectivity index (χ0n) is 32.8. The van der Waals surface area contributed by atoms with Crippen molar-refractivity contribution in [1.29, 1.82) is 0 Å². The van der Waals surface area contributed by atoms with Gasteiger partial charge in [-0.1, -0.05) is 0 Å². The molecule has 2 saturated heterocycles. The second-order valence-corrected chi connectivity index (χ2v) is 14.0. The highest BCUT2D eigenvalue weighted by molar-refractivity contribution is 5.77. The van der Waals surface area contributed by atoms with Crippen LogP contribution < -0.4 is 21.3 Å². The fraction of sp³-hybridized carbons (Fsp3) is 0.892. The van der Waals surface area contributed by atoms with Crippen LogP contribution in [-0.4, -0.2) is 184 Å². The number of hydrogen-bond acceptors (Lipinski definition) is 15. The Balaban J connectivity index is 1.28. The van der Waals surface area contributed by atoms with Crippen LogP contribution in [0, 0.1) is 0 Å². The van der Waals surface area contributed by atoms with Gasteiger partial charge in [-0.3, -0.25) is 19.2 Å². The van der Waals surface area contributed by atoms with E-state index in [2.05, 4.69) is 21.3 Å². The van der Waals surface area contributed by atoms with Crippen LogP contribution in [0.25, 0.3) is 0 Å². The van der Waals surface area contributed by atoms with Gasteiger partial charge in [-0.25, -0.2) is 0 Å². The van der Waals surface area contributed by atoms with Gasteiger partial charge in [0.05, 0.1) is 65.1 Å². The maximum absolute atomic E-state index is 12.0. The van der Waals surface area contributed by atoms with Crippen molar-refractivity contribution in [3.63, 3.8) is 0 Å². The van der Waals surface area contributed by atoms with Crippen LogP contribution in [0.4, 0.5) is 0 Å². The number of ether oxygens (including phenoxy) is 6. The molecule has 326 valence electrons. The van der Waals surface area contributed by atoms with Gasteiger partial charge in [0.25, 0.3) is 0 Å². The first-order valence-corrected chi connectivity index (χ1v) is 20.0. The minimum absolute atomic E-state index is 0.0577. The Kier molecular flexibility index (Phi) is 27.0. The standard InChI is InChI=1S/C37H68N4O15/c42-26-37(36(50)29(44)10-22-56-37)27-54-18-4-2-8-32(46)39-14-6-16-41-34(48)12-20-52-24-23-51-19-11-33(47)40-15-5-13-38-31(45)7-1-3-17-53-25-30-35(49)28(43)9-21-55-30/h28-30,35-36,42-44,49-50H,1-27H2,(H,38,45)(H,39,46)(H,40,47)(H,41,48)/t28-,29-,30-,35-,36-,37-/m1/s1. The Hall–Kier alpha value is -2.56. The molecule has 2 aliphatic rings. The normalized spacial score (nSPS) is 23.7. The highest BCUT2D eigenvalue weighted by Gasteiger charge is 2.46. The van der Waals surface area contributed by atoms with Crippen molar-refractivity contribution < 1.29 is 73.1 Å². The molecule has 2 rings (SSSR count). The number of rotatable bonds is 32. The molecule has 2 aliphatic heterocycles. The van der Waals surface area contributed by atoms with E-state index < -0.39 is 42.7 Å². The fourth-order valence-corrected chi connectivity index (χ4v) is 5.81. The quantitative estimate of drug-likeness (QED) is 0.0327. The average Bonchev–Trinajstić information content (AvgIpc) is 3.18. The van der Waals surface area contributed by atoms with Crippen LogP contribution in [0.5, 0.6) is 0 Å². The minimum Gasteiger partial charge on any atom is -0.393 e. The molecular weight excluding hydrogens is 740 g/mol. The van der Waals surface area contributed by atoms with Gasteiger partial charge in [0, 0.05) is 71.7 Å². The average molecular weight is 809 g/mol. The molecule has 19 heteroatoms. The number of amides is 4. The Morgan fingerprint density at radius 3 is 1.61 bits per heavy atom. The second kappa shape index (κ2) is 30.5. The molecular formula is C37H68N4O15. The Labute approximate surface area is 329 Å². The second-order valence-electron chi connectivity index (χ2n) is 14.0. The molecule has 2 heterocycles. The molecule has 6 atom stereocenters. The van der Waals surface area contributed by atoms with Crippen LogP contribution >= 0.6 is 0 Å². The monoisotopic (exact) mass is 808 g/mol. The molecule has 56 heavy (non-hydrogen) atoms. The summed E-state index contributed by atoms with van der Waals surface area (Å²) in [7, 11) is 0. The minimum atomic E-state index is -1.34. The third-order valence-corrected chi connectivity index (χ3v) is 9.32. The van der Waals surface area contributed by atoms with E-state index in [-0.39, 0.29) is 82.7 Å². The summed E-state index contributed by atoms with van der Waals surface area (Å²) in [5.74, 6) is -0.489. The molecule has 0 saturated carbocycles. The number of hydrogen-bond donors (Lipinski definition) is 9. The zero-order chi connectivity index (χ0) is 40.9. The van der Waals surface area contributed by atoms with E-state index in [9.17, 15) is 44.7 Å². The summed E-state index contributed by atoms with van der Waals surface area (Å²) in [6.45, 7) is 3.79. The van der Waals surface area contributed by atoms with Crippen LogP contribution in [-0.2, 0) is 47.6 Å². The lowest BCUT2D eigenvalue weighted by Gasteiger charge is -2.42. The predicted molar refractivity (Wildman–Crippen MR) is 200 cm³/mol. The van der Waals surface area contributed by atoms with Crippen molar-refractivity contribution in [2.45, 2.75) is 113 Å². The van der Waals surface area contributed by atoms with Gasteiger partial charge in [0.1, 0.15) is 23.9 Å². The van der Waals surface area contributed by atoms with E-state index in [0.717, 1.165) is 0 Å². The first-order chi connectivity index (χ1) is 27.1. The van der Waals surface area contributed by atoms with Crippen molar-refractivity contribution in [2.24, 2.45) is 0 Å². The van der Waals surface area contributed by atoms with E-state index in [0.29, 0.717) is 110 Å². The third kappa shape index (κ3) is 21.8. The predicted octanol–water partition coefficient (Wildman–Crippen LogP) is -2.20. The van der Waals surface area contributed by atoms with Crippen LogP contribution in [0.3, 0.4) is 0 Å². The maximum atomic E-state index is 12.0. The molecule has 0 aromatic rings. The van der Waals surface area contributed by atoms with E-state index in [4.69, 9.17) is 28.4 Å². The van der Waals surface area contributed by atoms with Crippen LogP contribution in [0.1, 0.15) is 77.0 Å². The van der Waals surface area contributed by atoms with Gasteiger partial charge in [0.2, 0.25) is 23.6 Å². The summed E-state index contributed by atoms with van der Waals surface area (Å²) in [6.07, 6.45) is 0.988. The number of carbonyl (C=O) groups excluding carboxylic acids is 4. The summed E-state index contributed by atoms with van der Waals surface area (Å²) in [6, 6.07) is 0. The molecule has 0 unspecified atom stereocenters. The molecule has 0 bridgehead atoms. The first kappa shape index (κ1) is 49.6. The van der Waals surface area contributed by atoms with Gasteiger partial charge in [-0.2, -0.15) is 0 Å². The molecule has 0 aromatic carbocycles. The Bertz CT molecular complexity index is 1090. The molecule has 0 spiro atoms. The van der Waals surface area contributed by atoms with E-state index >= 15 is 0 Å². The Morgan fingerprint density at radius 2 is 1.07 bits per heavy atom. The first-order valence-electron chi connectivity index (χ1n) is 20.0. The molecule has 19 nitrogen and oxygen atoms in total. The molecule has 0 radical (unpaired) electrons. The lowest BCUT2D eigenvalue weighted by molar-refractivity contribution is -0.231. The fourth-order valence-electron chi connectivity index (χ4n) is 5.81. The summed E-state index contributed by atoms with van der Waals surface area (Å²) in [4.78, 5) is 48.0. The molecule has 0 aromatic heterocycles. The van der Waals surface area contributed by atoms with Crippen molar-refractivity contribution in [1.82, 2.24) is 21.3 Å². The van der Waals surface area contributed by atoms with Gasteiger partial charge in [-0.05, 0) is 51.4 Å². The van der Waals surface area contributed by atoms with Gasteiger partial charge in [0.15, 0.2) is 0 Å². The lowest BCUT2D eigenvalue weighted by Crippen LogP contribution is -2.60. The largest absolute Gasteiger partial charge is 0.393 e. The van der Waals surface area contributed by atoms with E-state index in [1.807, 2.05) is 0 Å². The topological polar surface area (TPSA) is 273 Å². The van der Waals surface area contributed by atoms with Gasteiger partial charge < -0.3 is 75.2 Å².